The van der Waals surface area contributed by atoms with E-state index >= 15 is 0 Å². The lowest BCUT2D eigenvalue weighted by atomic mass is 9.98. The normalized spacial score (nSPS) is 12.5. The van der Waals surface area contributed by atoms with E-state index in [0.717, 1.165) is 22.7 Å². The van der Waals surface area contributed by atoms with Crippen LogP contribution in [0.3, 0.4) is 0 Å². The molecule has 0 fully saturated rings. The van der Waals surface area contributed by atoms with E-state index in [1.54, 1.807) is 10.8 Å². The third-order valence-corrected chi connectivity index (χ3v) is 4.47. The number of aryl methyl sites for hydroxylation is 1. The molecule has 0 amide bonds. The Bertz CT molecular complexity index is 871. The summed E-state index contributed by atoms with van der Waals surface area (Å²) < 4.78 is 7.34. The van der Waals surface area contributed by atoms with E-state index in [4.69, 9.17) is 4.74 Å². The zero-order chi connectivity index (χ0) is 14.9. The van der Waals surface area contributed by atoms with Crippen LogP contribution in [0.4, 0.5) is 0 Å². The van der Waals surface area contributed by atoms with Crippen LogP contribution in [-0.4, -0.2) is 14.5 Å². The van der Waals surface area contributed by atoms with Crippen LogP contribution in [0.1, 0.15) is 10.6 Å². The fraction of sp³-hybridized carbons (Fsp3) is 0.188. The molecule has 0 N–H and O–H groups in total. The molecule has 2 aromatic heterocycles. The first-order valence-electron chi connectivity index (χ1n) is 7.02. The Morgan fingerprint density at radius 1 is 1.32 bits per heavy atom. The molecule has 4 rings (SSSR count). The molecule has 0 atom stereocenters. The molecular weight excluding hydrogens is 298 g/mol. The van der Waals surface area contributed by atoms with Crippen LogP contribution in [0.2, 0.25) is 0 Å². The smallest absolute Gasteiger partial charge is 0.351 e. The van der Waals surface area contributed by atoms with E-state index in [-0.39, 0.29) is 5.69 Å². The van der Waals surface area contributed by atoms with Gasteiger partial charge in [-0.3, -0.25) is 4.57 Å². The van der Waals surface area contributed by atoms with Crippen molar-refractivity contribution in [2.75, 3.05) is 0 Å². The van der Waals surface area contributed by atoms with Crippen LogP contribution in [0.25, 0.3) is 11.3 Å². The molecule has 3 aromatic rings. The minimum Gasteiger partial charge on any atom is -0.470 e. The van der Waals surface area contributed by atoms with Crippen molar-refractivity contribution in [2.45, 2.75) is 19.6 Å². The first-order chi connectivity index (χ1) is 10.8. The SMILES string of the molecule is O=c1nc(OCc2nccs2)cc2n1CCc1ccccc1-2. The summed E-state index contributed by atoms with van der Waals surface area (Å²) in [6, 6.07) is 9.97. The molecule has 0 unspecified atom stereocenters. The van der Waals surface area contributed by atoms with Gasteiger partial charge in [0.25, 0.3) is 0 Å². The van der Waals surface area contributed by atoms with Crippen molar-refractivity contribution in [1.82, 2.24) is 14.5 Å². The van der Waals surface area contributed by atoms with Crippen molar-refractivity contribution in [2.24, 2.45) is 0 Å². The summed E-state index contributed by atoms with van der Waals surface area (Å²) in [5, 5.41) is 2.75. The highest BCUT2D eigenvalue weighted by Crippen LogP contribution is 2.29. The van der Waals surface area contributed by atoms with Gasteiger partial charge in [-0.05, 0) is 12.0 Å². The molecule has 0 saturated heterocycles. The maximum atomic E-state index is 12.2. The van der Waals surface area contributed by atoms with Crippen molar-refractivity contribution >= 4 is 11.3 Å². The first kappa shape index (κ1) is 13.2. The number of ether oxygens (including phenoxy) is 1. The van der Waals surface area contributed by atoms with Gasteiger partial charge in [0.1, 0.15) is 11.6 Å². The Labute approximate surface area is 130 Å². The predicted octanol–water partition coefficient (Wildman–Crippen LogP) is 2.50. The fourth-order valence-electron chi connectivity index (χ4n) is 2.68. The molecule has 0 spiro atoms. The topological polar surface area (TPSA) is 57.0 Å². The second-order valence-corrected chi connectivity index (χ2v) is 6.01. The van der Waals surface area contributed by atoms with E-state index in [1.807, 2.05) is 29.6 Å². The molecule has 5 nitrogen and oxygen atoms in total. The molecule has 0 bridgehead atoms. The molecule has 110 valence electrons. The molecule has 3 heterocycles. The van der Waals surface area contributed by atoms with E-state index in [9.17, 15) is 4.79 Å². The lowest BCUT2D eigenvalue weighted by Crippen LogP contribution is -2.28. The van der Waals surface area contributed by atoms with Gasteiger partial charge in [-0.1, -0.05) is 24.3 Å². The minimum absolute atomic E-state index is 0.263. The quantitative estimate of drug-likeness (QED) is 0.746. The summed E-state index contributed by atoms with van der Waals surface area (Å²) in [5.41, 5.74) is 2.93. The third kappa shape index (κ3) is 2.31. The maximum Gasteiger partial charge on any atom is 0.351 e. The van der Waals surface area contributed by atoms with Gasteiger partial charge < -0.3 is 4.74 Å². The van der Waals surface area contributed by atoms with Crippen molar-refractivity contribution in [1.29, 1.82) is 0 Å². The number of fused-ring (bicyclic) bond motifs is 3. The van der Waals surface area contributed by atoms with Crippen LogP contribution >= 0.6 is 11.3 Å². The molecule has 1 aliphatic rings. The fourth-order valence-corrected chi connectivity index (χ4v) is 3.21. The van der Waals surface area contributed by atoms with Gasteiger partial charge in [-0.2, -0.15) is 4.98 Å². The summed E-state index contributed by atoms with van der Waals surface area (Å²) in [7, 11) is 0. The first-order valence-corrected chi connectivity index (χ1v) is 7.90. The third-order valence-electron chi connectivity index (χ3n) is 3.71. The largest absolute Gasteiger partial charge is 0.470 e. The van der Waals surface area contributed by atoms with Crippen molar-refractivity contribution < 1.29 is 4.74 Å². The number of rotatable bonds is 3. The van der Waals surface area contributed by atoms with Gasteiger partial charge in [0.05, 0.1) is 5.69 Å². The molecule has 22 heavy (non-hydrogen) atoms. The molecule has 0 radical (unpaired) electrons. The van der Waals surface area contributed by atoms with Gasteiger partial charge in [-0.15, -0.1) is 11.3 Å². The van der Waals surface area contributed by atoms with Gasteiger partial charge in [0.2, 0.25) is 5.88 Å². The molecule has 0 aliphatic carbocycles. The second-order valence-electron chi connectivity index (χ2n) is 5.04. The lowest BCUT2D eigenvalue weighted by molar-refractivity contribution is 0.290. The molecule has 0 saturated carbocycles. The molecule has 1 aromatic carbocycles. The highest BCUT2D eigenvalue weighted by molar-refractivity contribution is 7.09. The monoisotopic (exact) mass is 311 g/mol. The van der Waals surface area contributed by atoms with Crippen LogP contribution < -0.4 is 10.4 Å². The Hall–Kier alpha value is -2.47. The van der Waals surface area contributed by atoms with Gasteiger partial charge >= 0.3 is 5.69 Å². The van der Waals surface area contributed by atoms with E-state index in [2.05, 4.69) is 16.0 Å². The number of aromatic nitrogens is 3. The average Bonchev–Trinajstić information content (AvgIpc) is 3.06. The zero-order valence-electron chi connectivity index (χ0n) is 11.7. The summed E-state index contributed by atoms with van der Waals surface area (Å²) in [6.07, 6.45) is 2.58. The summed E-state index contributed by atoms with van der Waals surface area (Å²) in [5.74, 6) is 0.350. The summed E-state index contributed by atoms with van der Waals surface area (Å²) >= 11 is 1.52. The zero-order valence-corrected chi connectivity index (χ0v) is 12.5. The lowest BCUT2D eigenvalue weighted by Gasteiger charge is -2.21. The van der Waals surface area contributed by atoms with Gasteiger partial charge in [-0.25, -0.2) is 9.78 Å². The number of thiazole rings is 1. The Balaban J connectivity index is 1.72. The number of hydrogen-bond acceptors (Lipinski definition) is 5. The second kappa shape index (κ2) is 5.38. The minimum atomic E-state index is -0.263. The molecular formula is C16H13N3O2S. The maximum absolute atomic E-state index is 12.2. The summed E-state index contributed by atoms with van der Waals surface area (Å²) in [6.45, 7) is 0.986. The van der Waals surface area contributed by atoms with Crippen LogP contribution in [0, 0.1) is 0 Å². The number of benzene rings is 1. The highest BCUT2D eigenvalue weighted by Gasteiger charge is 2.18. The van der Waals surface area contributed by atoms with Gasteiger partial charge in [0, 0.05) is 29.8 Å². The van der Waals surface area contributed by atoms with Crippen LogP contribution in [0.5, 0.6) is 5.88 Å². The molecule has 1 aliphatic heterocycles. The molecule has 6 heteroatoms. The highest BCUT2D eigenvalue weighted by atomic mass is 32.1. The van der Waals surface area contributed by atoms with Crippen molar-refractivity contribution in [3.05, 3.63) is 63.0 Å². The van der Waals surface area contributed by atoms with Crippen molar-refractivity contribution in [3.63, 3.8) is 0 Å². The van der Waals surface area contributed by atoms with Crippen LogP contribution in [0.15, 0.2) is 46.7 Å². The average molecular weight is 311 g/mol. The Morgan fingerprint density at radius 3 is 3.09 bits per heavy atom. The predicted molar refractivity (Wildman–Crippen MR) is 84.1 cm³/mol. The Kier molecular flexibility index (Phi) is 3.23. The van der Waals surface area contributed by atoms with Crippen molar-refractivity contribution in [3.8, 4) is 17.1 Å². The van der Waals surface area contributed by atoms with Gasteiger partial charge in [0.15, 0.2) is 0 Å². The van der Waals surface area contributed by atoms with E-state index in [0.29, 0.717) is 19.0 Å². The number of hydrogen-bond donors (Lipinski definition) is 0. The van der Waals surface area contributed by atoms with E-state index in [1.165, 1.54) is 16.9 Å². The van der Waals surface area contributed by atoms with Crippen LogP contribution in [-0.2, 0) is 19.6 Å². The number of nitrogens with zero attached hydrogens (tertiary/aromatic N) is 3. The van der Waals surface area contributed by atoms with E-state index < -0.39 is 0 Å². The summed E-state index contributed by atoms with van der Waals surface area (Å²) in [4.78, 5) is 20.4. The standard InChI is InChI=1S/C16H13N3O2S/c20-16-18-14(21-10-15-17-6-8-22-15)9-13-12-4-2-1-3-11(12)5-7-19(13)16/h1-4,6,8-9H,5,7,10H2. The Morgan fingerprint density at radius 2 is 2.23 bits per heavy atom.